The first kappa shape index (κ1) is 26.4. The first-order valence-electron chi connectivity index (χ1n) is 10.2. The maximum atomic E-state index is 12.8. The Balaban J connectivity index is 0.00000385. The van der Waals surface area contributed by atoms with Crippen LogP contribution < -0.4 is 30.2 Å². The lowest BCUT2D eigenvalue weighted by atomic mass is 10.1. The van der Waals surface area contributed by atoms with Crippen LogP contribution in [0, 0.1) is 0 Å². The maximum Gasteiger partial charge on any atom is 0.387 e. The Kier molecular flexibility index (Phi) is 10.4. The van der Waals surface area contributed by atoms with E-state index in [0.717, 1.165) is 17.7 Å². The topological polar surface area (TPSA) is 93.2 Å². The molecule has 0 atom stereocenters. The fourth-order valence-corrected chi connectivity index (χ4v) is 3.05. The number of rotatable bonds is 9. The molecule has 180 valence electrons. The van der Waals surface area contributed by atoms with Crippen molar-refractivity contribution in [1.82, 2.24) is 10.6 Å². The van der Waals surface area contributed by atoms with Crippen molar-refractivity contribution in [3.05, 3.63) is 47.5 Å². The molecule has 3 N–H and O–H groups in total. The lowest BCUT2D eigenvalue weighted by Gasteiger charge is -2.15. The number of carbonyl (C=O) groups excluding carboxylic acids is 1. The first-order chi connectivity index (χ1) is 15.5. The number of ether oxygens (including phenoxy) is 3. The van der Waals surface area contributed by atoms with Gasteiger partial charge in [0.2, 0.25) is 12.7 Å². The number of hydrogen-bond donors (Lipinski definition) is 3. The second-order valence-corrected chi connectivity index (χ2v) is 6.97. The van der Waals surface area contributed by atoms with Gasteiger partial charge in [-0.1, -0.05) is 19.1 Å². The van der Waals surface area contributed by atoms with E-state index in [9.17, 15) is 13.6 Å². The van der Waals surface area contributed by atoms with Crippen LogP contribution in [0.1, 0.15) is 30.9 Å². The molecule has 0 aliphatic carbocycles. The largest absolute Gasteiger partial charge is 0.454 e. The van der Waals surface area contributed by atoms with Gasteiger partial charge in [0.1, 0.15) is 5.75 Å². The molecule has 1 amide bonds. The third-order valence-corrected chi connectivity index (χ3v) is 4.62. The van der Waals surface area contributed by atoms with Crippen LogP contribution in [0.15, 0.2) is 41.4 Å². The SMILES string of the molecule is CCCC(=O)Nc1ccc(CNC(=NC)NCc2cc3c(cc2OC(F)F)OCO3)cc1.I. The number of guanidine groups is 1. The highest BCUT2D eigenvalue weighted by atomic mass is 127. The minimum atomic E-state index is -2.96. The molecule has 0 saturated carbocycles. The third-order valence-electron chi connectivity index (χ3n) is 4.62. The Labute approximate surface area is 208 Å². The van der Waals surface area contributed by atoms with Crippen molar-refractivity contribution in [1.29, 1.82) is 0 Å². The Morgan fingerprint density at radius 1 is 1.12 bits per heavy atom. The van der Waals surface area contributed by atoms with Gasteiger partial charge in [0, 0.05) is 43.9 Å². The van der Waals surface area contributed by atoms with E-state index < -0.39 is 6.61 Å². The summed E-state index contributed by atoms with van der Waals surface area (Å²) in [6.07, 6.45) is 1.28. The summed E-state index contributed by atoms with van der Waals surface area (Å²) in [5.41, 5.74) is 2.19. The molecule has 11 heteroatoms. The number of halogens is 3. The van der Waals surface area contributed by atoms with Gasteiger partial charge in [-0.3, -0.25) is 9.79 Å². The summed E-state index contributed by atoms with van der Waals surface area (Å²) in [4.78, 5) is 15.8. The van der Waals surface area contributed by atoms with E-state index in [2.05, 4.69) is 25.7 Å². The molecule has 0 unspecified atom stereocenters. The summed E-state index contributed by atoms with van der Waals surface area (Å²) < 4.78 is 40.7. The molecule has 1 heterocycles. The number of alkyl halides is 2. The Hall–Kier alpha value is -2.83. The number of aliphatic imine (C=N–C) groups is 1. The van der Waals surface area contributed by atoms with Crippen molar-refractivity contribution in [2.75, 3.05) is 19.2 Å². The molecule has 8 nitrogen and oxygen atoms in total. The van der Waals surface area contributed by atoms with E-state index in [1.54, 1.807) is 13.1 Å². The Bertz CT molecular complexity index is 958. The second kappa shape index (κ2) is 13.0. The summed E-state index contributed by atoms with van der Waals surface area (Å²) in [6, 6.07) is 10.5. The molecule has 1 aliphatic rings. The molecule has 0 saturated heterocycles. The van der Waals surface area contributed by atoms with E-state index in [4.69, 9.17) is 9.47 Å². The summed E-state index contributed by atoms with van der Waals surface area (Å²) >= 11 is 0. The standard InChI is InChI=1S/C22H26F2N4O4.HI/c1-3-4-20(29)28-16-7-5-14(6-8-16)11-26-22(25-2)27-12-15-9-18-19(31-13-30-18)10-17(15)32-21(23)24;/h5-10,21H,3-4,11-13H2,1-2H3,(H,28,29)(H2,25,26,27);1H. The number of benzene rings is 2. The normalized spacial score (nSPS) is 12.2. The summed E-state index contributed by atoms with van der Waals surface area (Å²) in [5.74, 6) is 1.30. The molecule has 0 aromatic heterocycles. The van der Waals surface area contributed by atoms with Gasteiger partial charge in [-0.05, 0) is 30.2 Å². The number of nitrogens with zero attached hydrogens (tertiary/aromatic N) is 1. The zero-order chi connectivity index (χ0) is 22.9. The van der Waals surface area contributed by atoms with Crippen molar-refractivity contribution < 1.29 is 27.8 Å². The number of carbonyl (C=O) groups is 1. The highest BCUT2D eigenvalue weighted by Crippen LogP contribution is 2.38. The van der Waals surface area contributed by atoms with Crippen molar-refractivity contribution in [3.63, 3.8) is 0 Å². The molecule has 0 bridgehead atoms. The Morgan fingerprint density at radius 2 is 1.79 bits per heavy atom. The van der Waals surface area contributed by atoms with E-state index >= 15 is 0 Å². The summed E-state index contributed by atoms with van der Waals surface area (Å²) in [5, 5.41) is 9.07. The fourth-order valence-electron chi connectivity index (χ4n) is 3.05. The minimum Gasteiger partial charge on any atom is -0.454 e. The molecule has 0 spiro atoms. The monoisotopic (exact) mass is 576 g/mol. The van der Waals surface area contributed by atoms with Gasteiger partial charge in [0.25, 0.3) is 0 Å². The maximum absolute atomic E-state index is 12.8. The predicted molar refractivity (Wildman–Crippen MR) is 132 cm³/mol. The van der Waals surface area contributed by atoms with Crippen molar-refractivity contribution in [2.45, 2.75) is 39.5 Å². The summed E-state index contributed by atoms with van der Waals surface area (Å²) in [7, 11) is 1.61. The number of hydrogen-bond acceptors (Lipinski definition) is 5. The molecule has 1 aliphatic heterocycles. The molecule has 2 aromatic rings. The number of fused-ring (bicyclic) bond motifs is 1. The average molecular weight is 576 g/mol. The lowest BCUT2D eigenvalue weighted by Crippen LogP contribution is -2.36. The smallest absolute Gasteiger partial charge is 0.387 e. The predicted octanol–water partition coefficient (Wildman–Crippen LogP) is 4.24. The van der Waals surface area contributed by atoms with Crippen LogP contribution in [-0.2, 0) is 17.9 Å². The van der Waals surface area contributed by atoms with Crippen molar-refractivity contribution >= 4 is 41.5 Å². The number of amides is 1. The van der Waals surface area contributed by atoms with Gasteiger partial charge in [-0.2, -0.15) is 8.78 Å². The molecule has 0 fully saturated rings. The van der Waals surface area contributed by atoms with Gasteiger partial charge in [0.15, 0.2) is 17.5 Å². The zero-order valence-corrected chi connectivity index (χ0v) is 20.7. The van der Waals surface area contributed by atoms with Crippen molar-refractivity contribution in [3.8, 4) is 17.2 Å². The second-order valence-electron chi connectivity index (χ2n) is 6.97. The van der Waals surface area contributed by atoms with Crippen LogP contribution in [0.25, 0.3) is 0 Å². The lowest BCUT2D eigenvalue weighted by molar-refractivity contribution is -0.116. The molecule has 33 heavy (non-hydrogen) atoms. The van der Waals surface area contributed by atoms with Crippen molar-refractivity contribution in [2.24, 2.45) is 4.99 Å². The molecular weight excluding hydrogens is 549 g/mol. The number of anilines is 1. The van der Waals surface area contributed by atoms with E-state index in [1.165, 1.54) is 6.07 Å². The highest BCUT2D eigenvalue weighted by Gasteiger charge is 2.20. The van der Waals surface area contributed by atoms with Crippen LogP contribution in [0.4, 0.5) is 14.5 Å². The Morgan fingerprint density at radius 3 is 2.42 bits per heavy atom. The molecule has 0 radical (unpaired) electrons. The van der Waals surface area contributed by atoms with Crippen LogP contribution in [0.3, 0.4) is 0 Å². The van der Waals surface area contributed by atoms with E-state index in [1.807, 2.05) is 31.2 Å². The van der Waals surface area contributed by atoms with E-state index in [-0.39, 0.29) is 49.0 Å². The molecular formula is C22H27F2IN4O4. The van der Waals surface area contributed by atoms with Crippen LogP contribution in [-0.4, -0.2) is 32.3 Å². The molecule has 3 rings (SSSR count). The highest BCUT2D eigenvalue weighted by molar-refractivity contribution is 14.0. The summed E-state index contributed by atoms with van der Waals surface area (Å²) in [6.45, 7) is -0.314. The van der Waals surface area contributed by atoms with Gasteiger partial charge < -0.3 is 30.2 Å². The minimum absolute atomic E-state index is 0. The van der Waals surface area contributed by atoms with E-state index in [0.29, 0.717) is 36.0 Å². The van der Waals surface area contributed by atoms with Gasteiger partial charge in [0.05, 0.1) is 0 Å². The number of nitrogens with one attached hydrogen (secondary N) is 3. The average Bonchev–Trinajstić information content (AvgIpc) is 3.22. The third kappa shape index (κ3) is 7.91. The van der Waals surface area contributed by atoms with Gasteiger partial charge >= 0.3 is 6.61 Å². The van der Waals surface area contributed by atoms with Crippen LogP contribution in [0.2, 0.25) is 0 Å². The van der Waals surface area contributed by atoms with Gasteiger partial charge in [-0.15, -0.1) is 24.0 Å². The van der Waals surface area contributed by atoms with Crippen LogP contribution in [0.5, 0.6) is 17.2 Å². The zero-order valence-electron chi connectivity index (χ0n) is 18.3. The van der Waals surface area contributed by atoms with Gasteiger partial charge in [-0.25, -0.2) is 0 Å². The fraction of sp³-hybridized carbons (Fsp3) is 0.364. The molecule has 2 aromatic carbocycles. The first-order valence-corrected chi connectivity index (χ1v) is 10.2. The van der Waals surface area contributed by atoms with Crippen LogP contribution >= 0.6 is 24.0 Å². The quantitative estimate of drug-likeness (QED) is 0.235.